The molecule has 1 fully saturated rings. The average molecular weight is 251 g/mol. The Labute approximate surface area is 110 Å². The maximum atomic E-state index is 5.87. The SMILES string of the molecule is CCCNC1CCOC(c2cnn(C(C)C)c2)C1. The predicted molar refractivity (Wildman–Crippen MR) is 72.6 cm³/mol. The van der Waals surface area contributed by atoms with E-state index in [0.717, 1.165) is 26.0 Å². The van der Waals surface area contributed by atoms with E-state index < -0.39 is 0 Å². The first-order chi connectivity index (χ1) is 8.70. The minimum atomic E-state index is 0.209. The highest BCUT2D eigenvalue weighted by Gasteiger charge is 2.24. The smallest absolute Gasteiger partial charge is 0.0870 e. The van der Waals surface area contributed by atoms with Crippen molar-refractivity contribution in [1.82, 2.24) is 15.1 Å². The third kappa shape index (κ3) is 3.33. The second kappa shape index (κ2) is 6.34. The van der Waals surface area contributed by atoms with Crippen LogP contribution >= 0.6 is 0 Å². The van der Waals surface area contributed by atoms with E-state index in [1.165, 1.54) is 12.0 Å². The molecule has 0 aliphatic carbocycles. The quantitative estimate of drug-likeness (QED) is 0.874. The molecule has 0 amide bonds. The zero-order valence-electron chi connectivity index (χ0n) is 11.7. The summed E-state index contributed by atoms with van der Waals surface area (Å²) in [4.78, 5) is 0. The average Bonchev–Trinajstić information content (AvgIpc) is 2.86. The predicted octanol–water partition coefficient (Wildman–Crippen LogP) is 2.68. The van der Waals surface area contributed by atoms with E-state index in [1.807, 2.05) is 10.9 Å². The van der Waals surface area contributed by atoms with Crippen molar-refractivity contribution in [3.05, 3.63) is 18.0 Å². The molecule has 0 spiro atoms. The van der Waals surface area contributed by atoms with Crippen molar-refractivity contribution in [3.8, 4) is 0 Å². The van der Waals surface area contributed by atoms with E-state index in [-0.39, 0.29) is 6.10 Å². The third-order valence-electron chi connectivity index (χ3n) is 3.49. The van der Waals surface area contributed by atoms with Gasteiger partial charge < -0.3 is 10.1 Å². The summed E-state index contributed by atoms with van der Waals surface area (Å²) in [6.45, 7) is 8.44. The van der Waals surface area contributed by atoms with Crippen LogP contribution in [0.1, 0.15) is 57.7 Å². The highest BCUT2D eigenvalue weighted by molar-refractivity contribution is 5.10. The first-order valence-corrected chi connectivity index (χ1v) is 7.09. The summed E-state index contributed by atoms with van der Waals surface area (Å²) < 4.78 is 7.88. The van der Waals surface area contributed by atoms with E-state index in [4.69, 9.17) is 4.74 Å². The van der Waals surface area contributed by atoms with Crippen LogP contribution in [0.3, 0.4) is 0 Å². The summed E-state index contributed by atoms with van der Waals surface area (Å²) in [6, 6.07) is 1.00. The maximum Gasteiger partial charge on any atom is 0.0870 e. The molecule has 1 aromatic heterocycles. The molecule has 2 heterocycles. The van der Waals surface area contributed by atoms with Crippen molar-refractivity contribution >= 4 is 0 Å². The van der Waals surface area contributed by atoms with Crippen LogP contribution in [0.5, 0.6) is 0 Å². The van der Waals surface area contributed by atoms with Crippen molar-refractivity contribution in [2.75, 3.05) is 13.2 Å². The minimum absolute atomic E-state index is 0.209. The zero-order chi connectivity index (χ0) is 13.0. The number of hydrogen-bond acceptors (Lipinski definition) is 3. The van der Waals surface area contributed by atoms with Crippen LogP contribution in [0, 0.1) is 0 Å². The van der Waals surface area contributed by atoms with Crippen LogP contribution in [-0.2, 0) is 4.74 Å². The molecule has 0 saturated carbocycles. The zero-order valence-corrected chi connectivity index (χ0v) is 11.7. The van der Waals surface area contributed by atoms with E-state index in [2.05, 4.69) is 37.4 Å². The Kier molecular flexibility index (Phi) is 4.78. The first kappa shape index (κ1) is 13.6. The lowest BCUT2D eigenvalue weighted by Gasteiger charge is -2.29. The number of ether oxygens (including phenoxy) is 1. The molecule has 1 N–H and O–H groups in total. The van der Waals surface area contributed by atoms with Crippen LogP contribution in [0.25, 0.3) is 0 Å². The number of rotatable bonds is 5. The van der Waals surface area contributed by atoms with Gasteiger partial charge in [-0.05, 0) is 39.7 Å². The van der Waals surface area contributed by atoms with Gasteiger partial charge in [0.1, 0.15) is 0 Å². The van der Waals surface area contributed by atoms with Gasteiger partial charge in [0, 0.05) is 30.5 Å². The number of nitrogens with zero attached hydrogens (tertiary/aromatic N) is 2. The van der Waals surface area contributed by atoms with Crippen LogP contribution in [0.15, 0.2) is 12.4 Å². The van der Waals surface area contributed by atoms with Crippen LogP contribution in [-0.4, -0.2) is 29.0 Å². The van der Waals surface area contributed by atoms with Gasteiger partial charge in [-0.2, -0.15) is 5.10 Å². The summed E-state index contributed by atoms with van der Waals surface area (Å²) in [5.74, 6) is 0. The lowest BCUT2D eigenvalue weighted by Crippen LogP contribution is -2.36. The van der Waals surface area contributed by atoms with E-state index in [9.17, 15) is 0 Å². The monoisotopic (exact) mass is 251 g/mol. The molecule has 0 aromatic carbocycles. The molecule has 18 heavy (non-hydrogen) atoms. The van der Waals surface area contributed by atoms with Gasteiger partial charge in [0.2, 0.25) is 0 Å². The van der Waals surface area contributed by atoms with E-state index >= 15 is 0 Å². The number of nitrogens with one attached hydrogen (secondary N) is 1. The van der Waals surface area contributed by atoms with Crippen LogP contribution < -0.4 is 5.32 Å². The summed E-state index contributed by atoms with van der Waals surface area (Å²) in [7, 11) is 0. The lowest BCUT2D eigenvalue weighted by atomic mass is 9.99. The number of hydrogen-bond donors (Lipinski definition) is 1. The van der Waals surface area contributed by atoms with Gasteiger partial charge in [0.25, 0.3) is 0 Å². The molecule has 2 unspecified atom stereocenters. The van der Waals surface area contributed by atoms with Gasteiger partial charge in [0.15, 0.2) is 0 Å². The van der Waals surface area contributed by atoms with Crippen molar-refractivity contribution < 1.29 is 4.74 Å². The second-order valence-corrected chi connectivity index (χ2v) is 5.38. The molecule has 1 aliphatic heterocycles. The fourth-order valence-corrected chi connectivity index (χ4v) is 2.36. The van der Waals surface area contributed by atoms with Crippen molar-refractivity contribution in [3.63, 3.8) is 0 Å². The Morgan fingerprint density at radius 3 is 3.06 bits per heavy atom. The lowest BCUT2D eigenvalue weighted by molar-refractivity contribution is 0.000294. The normalized spacial score (nSPS) is 24.7. The molecular weight excluding hydrogens is 226 g/mol. The molecule has 102 valence electrons. The number of aromatic nitrogens is 2. The van der Waals surface area contributed by atoms with Gasteiger partial charge >= 0.3 is 0 Å². The molecule has 2 atom stereocenters. The van der Waals surface area contributed by atoms with Crippen LogP contribution in [0.2, 0.25) is 0 Å². The van der Waals surface area contributed by atoms with Crippen LogP contribution in [0.4, 0.5) is 0 Å². The fraction of sp³-hybridized carbons (Fsp3) is 0.786. The summed E-state index contributed by atoms with van der Waals surface area (Å²) in [5, 5.41) is 7.99. The molecule has 1 aliphatic rings. The van der Waals surface area contributed by atoms with Crippen molar-refractivity contribution in [2.24, 2.45) is 0 Å². The Hall–Kier alpha value is -0.870. The van der Waals surface area contributed by atoms with Crippen molar-refractivity contribution in [1.29, 1.82) is 0 Å². The summed E-state index contributed by atoms with van der Waals surface area (Å²) >= 11 is 0. The first-order valence-electron chi connectivity index (χ1n) is 7.09. The Morgan fingerprint density at radius 2 is 2.39 bits per heavy atom. The van der Waals surface area contributed by atoms with Gasteiger partial charge in [-0.15, -0.1) is 0 Å². The second-order valence-electron chi connectivity index (χ2n) is 5.38. The molecule has 4 heteroatoms. The Balaban J connectivity index is 1.94. The molecule has 4 nitrogen and oxygen atoms in total. The third-order valence-corrected chi connectivity index (χ3v) is 3.49. The molecule has 1 aromatic rings. The molecular formula is C14H25N3O. The Morgan fingerprint density at radius 1 is 1.56 bits per heavy atom. The Bertz CT molecular complexity index is 362. The maximum absolute atomic E-state index is 5.87. The summed E-state index contributed by atoms with van der Waals surface area (Å²) in [6.07, 6.45) is 7.65. The molecule has 0 radical (unpaired) electrons. The van der Waals surface area contributed by atoms with E-state index in [0.29, 0.717) is 12.1 Å². The fourth-order valence-electron chi connectivity index (χ4n) is 2.36. The topological polar surface area (TPSA) is 39.1 Å². The van der Waals surface area contributed by atoms with Gasteiger partial charge in [0.05, 0.1) is 12.3 Å². The molecule has 2 rings (SSSR count). The largest absolute Gasteiger partial charge is 0.373 e. The molecule has 1 saturated heterocycles. The highest BCUT2D eigenvalue weighted by atomic mass is 16.5. The standard InChI is InChI=1S/C14H25N3O/c1-4-6-15-13-5-7-18-14(8-13)12-9-16-17(10-12)11(2)3/h9-11,13-15H,4-8H2,1-3H3. The van der Waals surface area contributed by atoms with E-state index in [1.54, 1.807) is 0 Å². The van der Waals surface area contributed by atoms with Crippen molar-refractivity contribution in [2.45, 2.75) is 58.2 Å². The summed E-state index contributed by atoms with van der Waals surface area (Å²) in [5.41, 5.74) is 1.21. The molecule has 0 bridgehead atoms. The minimum Gasteiger partial charge on any atom is -0.373 e. The van der Waals surface area contributed by atoms with Gasteiger partial charge in [-0.3, -0.25) is 4.68 Å². The highest BCUT2D eigenvalue weighted by Crippen LogP contribution is 2.28. The van der Waals surface area contributed by atoms with Gasteiger partial charge in [-0.1, -0.05) is 6.92 Å². The van der Waals surface area contributed by atoms with Gasteiger partial charge in [-0.25, -0.2) is 0 Å².